The van der Waals surface area contributed by atoms with Crippen LogP contribution in [0.1, 0.15) is 26.5 Å². The monoisotopic (exact) mass is 269 g/mol. The molecule has 0 radical (unpaired) electrons. The summed E-state index contributed by atoms with van der Waals surface area (Å²) in [6.45, 7) is 7.26. The fourth-order valence-electron chi connectivity index (χ4n) is 2.31. The Kier molecular flexibility index (Phi) is 3.59. The lowest BCUT2D eigenvalue weighted by Crippen LogP contribution is -2.54. The molecule has 2 heterocycles. The van der Waals surface area contributed by atoms with E-state index >= 15 is 0 Å². The highest BCUT2D eigenvalue weighted by Gasteiger charge is 2.33. The van der Waals surface area contributed by atoms with E-state index in [9.17, 15) is 4.79 Å². The van der Waals surface area contributed by atoms with Gasteiger partial charge < -0.3 is 15.4 Å². The molecule has 0 spiro atoms. The summed E-state index contributed by atoms with van der Waals surface area (Å²) >= 11 is 1.36. The molecule has 1 aromatic heterocycles. The van der Waals surface area contributed by atoms with Crippen LogP contribution >= 0.6 is 11.3 Å². The highest BCUT2D eigenvalue weighted by atomic mass is 32.1. The molecule has 2 rings (SSSR count). The first-order chi connectivity index (χ1) is 8.35. The molecule has 0 aromatic carbocycles. The van der Waals surface area contributed by atoms with Crippen molar-refractivity contribution >= 4 is 22.4 Å². The number of hydrogen-bond acceptors (Lipinski definition) is 5. The van der Waals surface area contributed by atoms with Crippen molar-refractivity contribution in [2.24, 2.45) is 0 Å². The highest BCUT2D eigenvalue weighted by molar-refractivity contribution is 7.13. The van der Waals surface area contributed by atoms with Crippen molar-refractivity contribution in [2.75, 3.05) is 18.8 Å². The van der Waals surface area contributed by atoms with Gasteiger partial charge in [-0.2, -0.15) is 0 Å². The van der Waals surface area contributed by atoms with E-state index in [4.69, 9.17) is 10.5 Å². The Bertz CT molecular complexity index is 444. The number of nitrogens with two attached hydrogens (primary N) is 1. The molecule has 1 aromatic rings. The first-order valence-electron chi connectivity index (χ1n) is 6.01. The van der Waals surface area contributed by atoms with Crippen LogP contribution in [0.4, 0.5) is 5.13 Å². The smallest absolute Gasteiger partial charge is 0.228 e. The molecule has 18 heavy (non-hydrogen) atoms. The van der Waals surface area contributed by atoms with Crippen molar-refractivity contribution in [3.8, 4) is 0 Å². The van der Waals surface area contributed by atoms with Gasteiger partial charge in [-0.3, -0.25) is 4.79 Å². The maximum absolute atomic E-state index is 12.2. The zero-order chi connectivity index (χ0) is 13.3. The molecular formula is C12H19N3O2S. The zero-order valence-electron chi connectivity index (χ0n) is 11.0. The summed E-state index contributed by atoms with van der Waals surface area (Å²) in [5, 5.41) is 2.34. The summed E-state index contributed by atoms with van der Waals surface area (Å²) in [6, 6.07) is 0. The Morgan fingerprint density at radius 1 is 1.72 bits per heavy atom. The van der Waals surface area contributed by atoms with Gasteiger partial charge in [-0.05, 0) is 20.8 Å². The average molecular weight is 269 g/mol. The molecule has 5 nitrogen and oxygen atoms in total. The lowest BCUT2D eigenvalue weighted by Gasteiger charge is -2.41. The third-order valence-corrected chi connectivity index (χ3v) is 3.55. The van der Waals surface area contributed by atoms with Gasteiger partial charge in [-0.15, -0.1) is 11.3 Å². The summed E-state index contributed by atoms with van der Waals surface area (Å²) in [5.74, 6) is 0.0866. The number of nitrogens with zero attached hydrogens (tertiary/aromatic N) is 2. The Balaban J connectivity index is 2.00. The van der Waals surface area contributed by atoms with Gasteiger partial charge in [0.2, 0.25) is 5.91 Å². The van der Waals surface area contributed by atoms with Gasteiger partial charge >= 0.3 is 0 Å². The van der Waals surface area contributed by atoms with E-state index in [-0.39, 0.29) is 17.6 Å². The van der Waals surface area contributed by atoms with Crippen LogP contribution in [0.5, 0.6) is 0 Å². The summed E-state index contributed by atoms with van der Waals surface area (Å²) < 4.78 is 5.78. The standard InChI is InChI=1S/C12H19N3O2S/c1-8-5-15(7-12(2,3)17-8)10(16)4-9-6-18-11(13)14-9/h6,8H,4-5,7H2,1-3H3,(H2,13,14). The van der Waals surface area contributed by atoms with Crippen molar-refractivity contribution in [3.63, 3.8) is 0 Å². The minimum atomic E-state index is -0.283. The van der Waals surface area contributed by atoms with Gasteiger partial charge in [0.15, 0.2) is 5.13 Å². The molecule has 1 aliphatic rings. The number of morpholine rings is 1. The zero-order valence-corrected chi connectivity index (χ0v) is 11.8. The van der Waals surface area contributed by atoms with Crippen LogP contribution in [0.15, 0.2) is 5.38 Å². The van der Waals surface area contributed by atoms with Crippen LogP contribution in [0.25, 0.3) is 0 Å². The van der Waals surface area contributed by atoms with E-state index in [2.05, 4.69) is 4.98 Å². The molecule has 0 bridgehead atoms. The van der Waals surface area contributed by atoms with Gasteiger partial charge in [-0.1, -0.05) is 0 Å². The molecule has 1 fully saturated rings. The van der Waals surface area contributed by atoms with E-state index < -0.39 is 0 Å². The van der Waals surface area contributed by atoms with E-state index in [0.717, 1.165) is 5.69 Å². The van der Waals surface area contributed by atoms with Crippen molar-refractivity contribution in [1.82, 2.24) is 9.88 Å². The molecule has 1 aliphatic heterocycles. The van der Waals surface area contributed by atoms with Crippen LogP contribution in [0.2, 0.25) is 0 Å². The molecule has 1 atom stereocenters. The third-order valence-electron chi connectivity index (χ3n) is 2.82. The van der Waals surface area contributed by atoms with Gasteiger partial charge in [0.25, 0.3) is 0 Å². The van der Waals surface area contributed by atoms with E-state index in [1.807, 2.05) is 31.1 Å². The van der Waals surface area contributed by atoms with Crippen LogP contribution in [0.3, 0.4) is 0 Å². The van der Waals surface area contributed by atoms with Crippen LogP contribution < -0.4 is 5.73 Å². The number of amides is 1. The second-order valence-electron chi connectivity index (χ2n) is 5.32. The number of ether oxygens (including phenoxy) is 1. The predicted molar refractivity (Wildman–Crippen MR) is 71.4 cm³/mol. The maximum Gasteiger partial charge on any atom is 0.228 e. The second kappa shape index (κ2) is 4.85. The normalized spacial score (nSPS) is 23.1. The molecule has 1 amide bonds. The third kappa shape index (κ3) is 3.20. The summed E-state index contributed by atoms with van der Waals surface area (Å²) in [4.78, 5) is 18.2. The Labute approximate surface area is 111 Å². The maximum atomic E-state index is 12.2. The lowest BCUT2D eigenvalue weighted by molar-refractivity contribution is -0.157. The quantitative estimate of drug-likeness (QED) is 0.878. The summed E-state index contributed by atoms with van der Waals surface area (Å²) in [5.41, 5.74) is 6.03. The first-order valence-corrected chi connectivity index (χ1v) is 6.89. The first kappa shape index (κ1) is 13.3. The number of anilines is 1. The number of nitrogen functional groups attached to an aromatic ring is 1. The van der Waals surface area contributed by atoms with Crippen LogP contribution in [-0.4, -0.2) is 40.6 Å². The van der Waals surface area contributed by atoms with E-state index in [0.29, 0.717) is 24.6 Å². The molecular weight excluding hydrogens is 250 g/mol. The Hall–Kier alpha value is -1.14. The molecule has 100 valence electrons. The Morgan fingerprint density at radius 2 is 2.44 bits per heavy atom. The lowest BCUT2D eigenvalue weighted by atomic mass is 10.1. The number of thiazole rings is 1. The van der Waals surface area contributed by atoms with Crippen LogP contribution in [-0.2, 0) is 16.0 Å². The average Bonchev–Trinajstić information content (AvgIpc) is 2.60. The number of rotatable bonds is 2. The van der Waals surface area contributed by atoms with Crippen molar-refractivity contribution in [3.05, 3.63) is 11.1 Å². The number of aromatic nitrogens is 1. The molecule has 6 heteroatoms. The molecule has 0 saturated carbocycles. The molecule has 0 aliphatic carbocycles. The molecule has 2 N–H and O–H groups in total. The van der Waals surface area contributed by atoms with Gasteiger partial charge in [0.1, 0.15) is 0 Å². The van der Waals surface area contributed by atoms with Gasteiger partial charge in [-0.25, -0.2) is 4.98 Å². The van der Waals surface area contributed by atoms with Gasteiger partial charge in [0, 0.05) is 18.5 Å². The Morgan fingerprint density at radius 3 is 3.00 bits per heavy atom. The predicted octanol–water partition coefficient (Wildman–Crippen LogP) is 1.29. The van der Waals surface area contributed by atoms with Crippen molar-refractivity contribution in [2.45, 2.75) is 38.9 Å². The number of carbonyl (C=O) groups is 1. The minimum absolute atomic E-state index is 0.0678. The topological polar surface area (TPSA) is 68.5 Å². The minimum Gasteiger partial charge on any atom is -0.375 e. The SMILES string of the molecule is CC1CN(C(=O)Cc2csc(N)n2)CC(C)(C)O1. The summed E-state index contributed by atoms with van der Waals surface area (Å²) in [7, 11) is 0. The largest absolute Gasteiger partial charge is 0.375 e. The van der Waals surface area contributed by atoms with Gasteiger partial charge in [0.05, 0.1) is 23.8 Å². The second-order valence-corrected chi connectivity index (χ2v) is 6.21. The van der Waals surface area contributed by atoms with Crippen molar-refractivity contribution in [1.29, 1.82) is 0 Å². The summed E-state index contributed by atoms with van der Waals surface area (Å²) in [6.07, 6.45) is 0.384. The molecule has 1 unspecified atom stereocenters. The van der Waals surface area contributed by atoms with E-state index in [1.165, 1.54) is 11.3 Å². The number of hydrogen-bond donors (Lipinski definition) is 1. The van der Waals surface area contributed by atoms with Crippen molar-refractivity contribution < 1.29 is 9.53 Å². The molecule has 1 saturated heterocycles. The van der Waals surface area contributed by atoms with E-state index in [1.54, 1.807) is 0 Å². The van der Waals surface area contributed by atoms with Crippen LogP contribution in [0, 0.1) is 0 Å². The highest BCUT2D eigenvalue weighted by Crippen LogP contribution is 2.21. The fraction of sp³-hybridized carbons (Fsp3) is 0.667. The number of carbonyl (C=O) groups excluding carboxylic acids is 1. The fourth-order valence-corrected chi connectivity index (χ4v) is 2.88.